The summed E-state index contributed by atoms with van der Waals surface area (Å²) in [6.07, 6.45) is -0.539. The minimum absolute atomic E-state index is 0.123. The summed E-state index contributed by atoms with van der Waals surface area (Å²) in [7, 11) is 0. The molecule has 3 aromatic rings. The summed E-state index contributed by atoms with van der Waals surface area (Å²) in [6.45, 7) is 6.96. The maximum Gasteiger partial charge on any atom is 0.260 e. The van der Waals surface area contributed by atoms with Gasteiger partial charge in [0.2, 0.25) is 0 Å². The molecule has 1 unspecified atom stereocenters. The van der Waals surface area contributed by atoms with Gasteiger partial charge in [0.25, 0.3) is 5.91 Å². The SMILES string of the molecule is Cc1ccc(OC(C)C(=O)NCCn2c(C)nc3ccccc32)cc1. The number of fused-ring (bicyclic) bond motifs is 1. The highest BCUT2D eigenvalue weighted by molar-refractivity contribution is 5.80. The van der Waals surface area contributed by atoms with Crippen LogP contribution >= 0.6 is 0 Å². The highest BCUT2D eigenvalue weighted by atomic mass is 16.5. The number of rotatable bonds is 6. The van der Waals surface area contributed by atoms with E-state index in [1.807, 2.05) is 62.4 Å². The van der Waals surface area contributed by atoms with Crippen LogP contribution < -0.4 is 10.1 Å². The highest BCUT2D eigenvalue weighted by Crippen LogP contribution is 2.15. The Balaban J connectivity index is 1.55. The van der Waals surface area contributed by atoms with Crippen molar-refractivity contribution in [3.8, 4) is 5.75 Å². The van der Waals surface area contributed by atoms with E-state index in [0.29, 0.717) is 18.8 Å². The van der Waals surface area contributed by atoms with Crippen LogP contribution in [0.4, 0.5) is 0 Å². The van der Waals surface area contributed by atoms with Gasteiger partial charge in [-0.15, -0.1) is 0 Å². The van der Waals surface area contributed by atoms with Crippen LogP contribution in [0.1, 0.15) is 18.3 Å². The van der Waals surface area contributed by atoms with E-state index in [1.165, 1.54) is 0 Å². The molecule has 0 spiro atoms. The monoisotopic (exact) mass is 337 g/mol. The Morgan fingerprint density at radius 3 is 2.64 bits per heavy atom. The fourth-order valence-corrected chi connectivity index (χ4v) is 2.79. The standard InChI is InChI=1S/C20H23N3O2/c1-14-8-10-17(11-9-14)25-15(2)20(24)21-12-13-23-16(3)22-18-6-4-5-7-19(18)23/h4-11,15H,12-13H2,1-3H3,(H,21,24). The summed E-state index contributed by atoms with van der Waals surface area (Å²) >= 11 is 0. The zero-order valence-electron chi connectivity index (χ0n) is 14.8. The average molecular weight is 337 g/mol. The fraction of sp³-hybridized carbons (Fsp3) is 0.300. The van der Waals surface area contributed by atoms with Crippen molar-refractivity contribution in [3.63, 3.8) is 0 Å². The molecular weight excluding hydrogens is 314 g/mol. The first-order valence-electron chi connectivity index (χ1n) is 8.47. The summed E-state index contributed by atoms with van der Waals surface area (Å²) in [4.78, 5) is 16.8. The van der Waals surface area contributed by atoms with E-state index in [4.69, 9.17) is 4.74 Å². The van der Waals surface area contributed by atoms with Gasteiger partial charge in [-0.3, -0.25) is 4.79 Å². The molecule has 1 atom stereocenters. The summed E-state index contributed by atoms with van der Waals surface area (Å²) in [5.41, 5.74) is 3.22. The second kappa shape index (κ2) is 7.38. The molecule has 1 heterocycles. The number of aryl methyl sites for hydroxylation is 2. The maximum atomic E-state index is 12.2. The number of imidazole rings is 1. The zero-order valence-corrected chi connectivity index (χ0v) is 14.8. The number of hydrogen-bond acceptors (Lipinski definition) is 3. The van der Waals surface area contributed by atoms with E-state index in [-0.39, 0.29) is 5.91 Å². The molecule has 1 aromatic heterocycles. The van der Waals surface area contributed by atoms with Gasteiger partial charge in [0.15, 0.2) is 6.10 Å². The number of ether oxygens (including phenoxy) is 1. The highest BCUT2D eigenvalue weighted by Gasteiger charge is 2.14. The van der Waals surface area contributed by atoms with Crippen molar-refractivity contribution >= 4 is 16.9 Å². The van der Waals surface area contributed by atoms with Crippen LogP contribution in [0.5, 0.6) is 5.75 Å². The second-order valence-electron chi connectivity index (χ2n) is 6.16. The molecule has 0 fully saturated rings. The van der Waals surface area contributed by atoms with Gasteiger partial charge < -0.3 is 14.6 Å². The van der Waals surface area contributed by atoms with Gasteiger partial charge in [0.1, 0.15) is 11.6 Å². The summed E-state index contributed by atoms with van der Waals surface area (Å²) < 4.78 is 7.79. The van der Waals surface area contributed by atoms with E-state index in [1.54, 1.807) is 6.92 Å². The first-order chi connectivity index (χ1) is 12.0. The lowest BCUT2D eigenvalue weighted by molar-refractivity contribution is -0.127. The molecule has 5 nitrogen and oxygen atoms in total. The van der Waals surface area contributed by atoms with Gasteiger partial charge >= 0.3 is 0 Å². The molecule has 1 N–H and O–H groups in total. The molecule has 3 rings (SSSR count). The molecule has 0 aliphatic rings. The van der Waals surface area contributed by atoms with Gasteiger partial charge in [-0.2, -0.15) is 0 Å². The molecular formula is C20H23N3O2. The predicted molar refractivity (Wildman–Crippen MR) is 98.7 cm³/mol. The number of carbonyl (C=O) groups excluding carboxylic acids is 1. The predicted octanol–water partition coefficient (Wildman–Crippen LogP) is 3.24. The Hall–Kier alpha value is -2.82. The number of nitrogens with one attached hydrogen (secondary N) is 1. The molecule has 2 aromatic carbocycles. The third-order valence-corrected chi connectivity index (χ3v) is 4.18. The van der Waals surface area contributed by atoms with Crippen molar-refractivity contribution < 1.29 is 9.53 Å². The molecule has 0 aliphatic carbocycles. The smallest absolute Gasteiger partial charge is 0.260 e. The van der Waals surface area contributed by atoms with Crippen LogP contribution in [0.2, 0.25) is 0 Å². The first-order valence-corrected chi connectivity index (χ1v) is 8.47. The van der Waals surface area contributed by atoms with E-state index in [9.17, 15) is 4.79 Å². The van der Waals surface area contributed by atoms with Crippen LogP contribution in [-0.4, -0.2) is 28.1 Å². The lowest BCUT2D eigenvalue weighted by atomic mass is 10.2. The van der Waals surface area contributed by atoms with Crippen LogP contribution in [0.25, 0.3) is 11.0 Å². The number of aromatic nitrogens is 2. The topological polar surface area (TPSA) is 56.1 Å². The second-order valence-corrected chi connectivity index (χ2v) is 6.16. The van der Waals surface area contributed by atoms with Crippen LogP contribution in [0, 0.1) is 13.8 Å². The fourth-order valence-electron chi connectivity index (χ4n) is 2.79. The molecule has 25 heavy (non-hydrogen) atoms. The average Bonchev–Trinajstić information content (AvgIpc) is 2.92. The number of nitrogens with zero attached hydrogens (tertiary/aromatic N) is 2. The molecule has 0 saturated carbocycles. The molecule has 5 heteroatoms. The molecule has 0 aliphatic heterocycles. The number of hydrogen-bond donors (Lipinski definition) is 1. The van der Waals surface area contributed by atoms with E-state index < -0.39 is 6.10 Å². The third-order valence-electron chi connectivity index (χ3n) is 4.18. The summed E-state index contributed by atoms with van der Waals surface area (Å²) in [5, 5.41) is 2.93. The quantitative estimate of drug-likeness (QED) is 0.751. The minimum Gasteiger partial charge on any atom is -0.481 e. The molecule has 1 amide bonds. The van der Waals surface area contributed by atoms with Crippen molar-refractivity contribution in [2.75, 3.05) is 6.54 Å². The van der Waals surface area contributed by atoms with Gasteiger partial charge in [-0.1, -0.05) is 29.8 Å². The number of amides is 1. The lowest BCUT2D eigenvalue weighted by Gasteiger charge is -2.15. The van der Waals surface area contributed by atoms with Crippen molar-refractivity contribution in [2.45, 2.75) is 33.4 Å². The molecule has 0 saturated heterocycles. The largest absolute Gasteiger partial charge is 0.481 e. The Morgan fingerprint density at radius 1 is 1.16 bits per heavy atom. The number of para-hydroxylation sites is 2. The lowest BCUT2D eigenvalue weighted by Crippen LogP contribution is -2.38. The Kier molecular flexibility index (Phi) is 5.03. The van der Waals surface area contributed by atoms with Crippen molar-refractivity contribution in [3.05, 3.63) is 59.9 Å². The van der Waals surface area contributed by atoms with Gasteiger partial charge in [0, 0.05) is 13.1 Å². The van der Waals surface area contributed by atoms with Crippen LogP contribution in [-0.2, 0) is 11.3 Å². The van der Waals surface area contributed by atoms with Crippen molar-refractivity contribution in [1.82, 2.24) is 14.9 Å². The van der Waals surface area contributed by atoms with Gasteiger partial charge in [0.05, 0.1) is 11.0 Å². The van der Waals surface area contributed by atoms with Crippen molar-refractivity contribution in [1.29, 1.82) is 0 Å². The van der Waals surface area contributed by atoms with E-state index in [2.05, 4.69) is 14.9 Å². The van der Waals surface area contributed by atoms with Crippen molar-refractivity contribution in [2.24, 2.45) is 0 Å². The van der Waals surface area contributed by atoms with Gasteiger partial charge in [-0.05, 0) is 45.0 Å². The first kappa shape index (κ1) is 17.0. The van der Waals surface area contributed by atoms with E-state index >= 15 is 0 Å². The molecule has 0 radical (unpaired) electrons. The Labute approximate surface area is 147 Å². The maximum absolute atomic E-state index is 12.2. The zero-order chi connectivity index (χ0) is 17.8. The van der Waals surface area contributed by atoms with Crippen LogP contribution in [0.3, 0.4) is 0 Å². The summed E-state index contributed by atoms with van der Waals surface area (Å²) in [6, 6.07) is 15.7. The minimum atomic E-state index is -0.539. The Bertz CT molecular complexity index is 868. The molecule has 0 bridgehead atoms. The van der Waals surface area contributed by atoms with E-state index in [0.717, 1.165) is 22.4 Å². The normalized spacial score (nSPS) is 12.1. The van der Waals surface area contributed by atoms with Gasteiger partial charge in [-0.25, -0.2) is 4.98 Å². The van der Waals surface area contributed by atoms with Crippen LogP contribution in [0.15, 0.2) is 48.5 Å². The third kappa shape index (κ3) is 3.99. The Morgan fingerprint density at radius 2 is 1.88 bits per heavy atom. The molecule has 130 valence electrons. The summed E-state index contributed by atoms with van der Waals surface area (Å²) in [5.74, 6) is 1.52. The number of benzene rings is 2. The number of carbonyl (C=O) groups is 1.